The predicted molar refractivity (Wildman–Crippen MR) is 366 cm³/mol. The highest BCUT2D eigenvalue weighted by Gasteiger charge is 2.37. The Morgan fingerprint density at radius 1 is 0.596 bits per heavy atom. The Hall–Kier alpha value is -8.45. The molecule has 0 saturated carbocycles. The maximum absolute atomic E-state index is 15.3. The number of carboxylic acids is 3. The molecule has 0 spiro atoms. The number of hydrogen-bond donors (Lipinski definition) is 17. The highest BCUT2D eigenvalue weighted by molar-refractivity contribution is 8.76. The summed E-state index contributed by atoms with van der Waals surface area (Å²) in [6.07, 6.45) is -1.31. The molecule has 34 heteroatoms. The maximum atomic E-state index is 15.3. The molecule has 3 aromatic carbocycles. The van der Waals surface area contributed by atoms with Gasteiger partial charge in [-0.3, -0.25) is 72.3 Å². The molecule has 2 fully saturated rings. The number of carbonyl (C=O) groups is 11. The molecule has 3 unspecified atom stereocenters. The predicted octanol–water partition coefficient (Wildman–Crippen LogP) is -3.47. The lowest BCUT2D eigenvalue weighted by Gasteiger charge is -2.33. The molecule has 6 rings (SSSR count). The van der Waals surface area contributed by atoms with E-state index in [4.69, 9.17) is 5.73 Å². The van der Waals surface area contributed by atoms with Crippen LogP contribution in [0.25, 0.3) is 10.9 Å². The quantitative estimate of drug-likeness (QED) is 0.0215. The van der Waals surface area contributed by atoms with Crippen molar-refractivity contribution in [2.75, 3.05) is 103 Å². The van der Waals surface area contributed by atoms with E-state index in [2.05, 4.69) is 47.5 Å². The number of nitrogens with zero attached hydrogens (tertiary/aromatic N) is 4. The zero-order valence-electron chi connectivity index (χ0n) is 55.2. The summed E-state index contributed by atoms with van der Waals surface area (Å²) < 4.78 is 0. The number of phenols is 1. The van der Waals surface area contributed by atoms with Crippen LogP contribution >= 0.6 is 21.6 Å². The standard InChI is InChI=1S/C65H92N14O18S2/c1-39(81)51(36-80)72-64(96)53-38-99-98-37-52(73-60(92)48(28-41-10-4-3-5-11-41)68-54(84)32-76-20-22-77(33-55(85)86)24-26-79(35-57(89)90)27-25-78(23-21-76)34-56(87)88)63(95)70-49(29-42-15-17-44(83)18-16-42)61(93)71-50(30-43-31-67-46-13-7-6-12-45(43)46)62(94)69-47(14-8-9-19-66)59(91)75-58(40(2)82)65(97)74-53/h3-7,10-13,15-18,31,39-40,47-53,58,67,80-83H,8-9,14,19-30,32-38,66H2,1-2H3,(H,68,84)(H,69,94)(H,70,95)(H,71,93)(H,72,96)(H,73,92)(H,74,97)(H,75,91)(H,85,86)(H,87,88)(H,89,90)/t39?,40?,47-,48+,49-,50+,51+,52-,53?,58-/m0/s1. The maximum Gasteiger partial charge on any atom is 0.317 e. The smallest absolute Gasteiger partial charge is 0.317 e. The molecule has 3 heterocycles. The normalized spacial score (nSPS) is 22.0. The number of benzene rings is 3. The number of aromatic hydroxyl groups is 1. The number of aliphatic hydroxyl groups excluding tert-OH is 3. The van der Waals surface area contributed by atoms with Crippen LogP contribution < -0.4 is 48.3 Å². The van der Waals surface area contributed by atoms with Crippen molar-refractivity contribution in [3.05, 3.63) is 102 Å². The first-order valence-electron chi connectivity index (χ1n) is 32.5. The third kappa shape index (κ3) is 27.0. The number of unbranched alkanes of at least 4 members (excludes halogenated alkanes) is 1. The number of nitrogens with one attached hydrogen (secondary N) is 9. The van der Waals surface area contributed by atoms with Gasteiger partial charge in [0.2, 0.25) is 47.3 Å². The number of aromatic amines is 1. The van der Waals surface area contributed by atoms with Gasteiger partial charge < -0.3 is 89.0 Å². The van der Waals surface area contributed by atoms with Gasteiger partial charge in [-0.15, -0.1) is 0 Å². The number of hydrogen-bond acceptors (Lipinski definition) is 22. The summed E-state index contributed by atoms with van der Waals surface area (Å²) in [4.78, 5) is 163. The number of H-pyrrole nitrogens is 1. The van der Waals surface area contributed by atoms with E-state index in [9.17, 15) is 74.1 Å². The van der Waals surface area contributed by atoms with E-state index >= 15 is 14.4 Å². The molecule has 32 nitrogen and oxygen atoms in total. The fourth-order valence-electron chi connectivity index (χ4n) is 11.1. The van der Waals surface area contributed by atoms with Crippen molar-refractivity contribution in [3.63, 3.8) is 0 Å². The van der Waals surface area contributed by atoms with Crippen LogP contribution in [-0.4, -0.2) is 289 Å². The summed E-state index contributed by atoms with van der Waals surface area (Å²) in [5, 5.41) is 93.2. The molecular formula is C65H92N14O18S2. The molecule has 10 atom stereocenters. The van der Waals surface area contributed by atoms with Crippen molar-refractivity contribution < 1.29 is 88.5 Å². The van der Waals surface area contributed by atoms with Crippen molar-refractivity contribution >= 4 is 97.7 Å². The zero-order valence-corrected chi connectivity index (χ0v) is 56.8. The lowest BCUT2D eigenvalue weighted by atomic mass is 10.0. The average Bonchev–Trinajstić information content (AvgIpc) is 1.73. The van der Waals surface area contributed by atoms with E-state index in [1.165, 1.54) is 38.1 Å². The van der Waals surface area contributed by atoms with Gasteiger partial charge in [-0.05, 0) is 74.5 Å². The van der Waals surface area contributed by atoms with Gasteiger partial charge in [0.15, 0.2) is 0 Å². The molecule has 2 saturated heterocycles. The Kier molecular flexibility index (Phi) is 32.6. The summed E-state index contributed by atoms with van der Waals surface area (Å²) >= 11 is 0. The molecule has 4 aromatic rings. The van der Waals surface area contributed by atoms with Crippen LogP contribution in [0.5, 0.6) is 5.75 Å². The first-order valence-corrected chi connectivity index (χ1v) is 35.0. The number of phenolic OH excluding ortho intramolecular Hbond substituents is 1. The van der Waals surface area contributed by atoms with Crippen molar-refractivity contribution in [3.8, 4) is 5.75 Å². The number of fused-ring (bicyclic) bond motifs is 1. The van der Waals surface area contributed by atoms with Crippen LogP contribution in [0.4, 0.5) is 0 Å². The van der Waals surface area contributed by atoms with Crippen molar-refractivity contribution in [1.29, 1.82) is 0 Å². The SMILES string of the molecule is CC(O)[C@@H]1NC(=O)[C@H](CCCCN)NC(=O)[C@@H](Cc2c[nH]c3ccccc23)NC(=O)[C@H](Cc2ccc(O)cc2)NC(=O)[C@@H](NC(=O)[C@@H](Cc2ccccc2)NC(=O)CN2CCN(CC(=O)O)CCN(CC(=O)O)CCN(CC(=O)O)CC2)CSSCC(C(=O)N[C@H](CO)C(C)O)NC1=O. The summed E-state index contributed by atoms with van der Waals surface area (Å²) in [5.74, 6) is -11.6. The summed E-state index contributed by atoms with van der Waals surface area (Å²) in [6.45, 7) is 1.08. The van der Waals surface area contributed by atoms with E-state index in [-0.39, 0.29) is 115 Å². The first-order chi connectivity index (χ1) is 47.3. The topological polar surface area (TPSA) is 480 Å². The second-order valence-corrected chi connectivity index (χ2v) is 27.0. The van der Waals surface area contributed by atoms with Gasteiger partial charge in [0.05, 0.1) is 51.0 Å². The van der Waals surface area contributed by atoms with Gasteiger partial charge in [0, 0.05) is 100 Å². The number of rotatable bonds is 26. The first kappa shape index (κ1) is 79.5. The van der Waals surface area contributed by atoms with Crippen molar-refractivity contribution in [2.24, 2.45) is 5.73 Å². The third-order valence-corrected chi connectivity index (χ3v) is 19.0. The van der Waals surface area contributed by atoms with E-state index < -0.39 is 152 Å². The number of carboxylic acid groups (broad SMARTS) is 3. The summed E-state index contributed by atoms with van der Waals surface area (Å²) in [6, 6.07) is 9.21. The third-order valence-electron chi connectivity index (χ3n) is 16.6. The Labute approximate surface area is 580 Å². The van der Waals surface area contributed by atoms with E-state index in [0.717, 1.165) is 21.6 Å². The van der Waals surface area contributed by atoms with Crippen molar-refractivity contribution in [1.82, 2.24) is 67.1 Å². The minimum absolute atomic E-state index is 0.0540. The van der Waals surface area contributed by atoms with Gasteiger partial charge in [-0.1, -0.05) is 82.3 Å². The second kappa shape index (κ2) is 40.6. The molecule has 2 aliphatic heterocycles. The summed E-state index contributed by atoms with van der Waals surface area (Å²) in [5.41, 5.74) is 8.05. The second-order valence-electron chi connectivity index (χ2n) is 24.5. The number of aliphatic carboxylic acids is 3. The van der Waals surface area contributed by atoms with Crippen LogP contribution in [-0.2, 0) is 72.0 Å². The Morgan fingerprint density at radius 2 is 1.12 bits per heavy atom. The zero-order chi connectivity index (χ0) is 72.1. The number of aliphatic hydroxyl groups is 3. The molecular weight excluding hydrogens is 1330 g/mol. The Bertz CT molecular complexity index is 3320. The number of aromatic nitrogens is 1. The van der Waals surface area contributed by atoms with Gasteiger partial charge in [0.25, 0.3) is 0 Å². The highest BCUT2D eigenvalue weighted by atomic mass is 33.1. The number of para-hydroxylation sites is 1. The molecule has 1 aromatic heterocycles. The largest absolute Gasteiger partial charge is 0.508 e. The summed E-state index contributed by atoms with van der Waals surface area (Å²) in [7, 11) is 1.81. The van der Waals surface area contributed by atoms with Gasteiger partial charge in [-0.2, -0.15) is 0 Å². The Morgan fingerprint density at radius 3 is 1.68 bits per heavy atom. The molecule has 8 amide bonds. The van der Waals surface area contributed by atoms with Crippen LogP contribution in [0.3, 0.4) is 0 Å². The monoisotopic (exact) mass is 1420 g/mol. The molecule has 542 valence electrons. The van der Waals surface area contributed by atoms with Crippen LogP contribution in [0.15, 0.2) is 85.1 Å². The lowest BCUT2D eigenvalue weighted by Crippen LogP contribution is -2.62. The Balaban J connectivity index is 1.40. The van der Waals surface area contributed by atoms with Crippen LogP contribution in [0.1, 0.15) is 49.8 Å². The van der Waals surface area contributed by atoms with Gasteiger partial charge >= 0.3 is 17.9 Å². The van der Waals surface area contributed by atoms with E-state index in [0.29, 0.717) is 34.0 Å². The van der Waals surface area contributed by atoms with E-state index in [1.807, 2.05) is 0 Å². The van der Waals surface area contributed by atoms with Crippen LogP contribution in [0, 0.1) is 0 Å². The molecule has 18 N–H and O–H groups in total. The molecule has 0 radical (unpaired) electrons. The molecule has 99 heavy (non-hydrogen) atoms. The minimum Gasteiger partial charge on any atom is -0.508 e. The number of amides is 8. The lowest BCUT2D eigenvalue weighted by molar-refractivity contribution is -0.140. The molecule has 0 bridgehead atoms. The number of carbonyl (C=O) groups excluding carboxylic acids is 8. The molecule has 0 aliphatic carbocycles. The average molecular weight is 1420 g/mol. The fourth-order valence-corrected chi connectivity index (χ4v) is 13.4. The van der Waals surface area contributed by atoms with Gasteiger partial charge in [0.1, 0.15) is 48.0 Å². The van der Waals surface area contributed by atoms with E-state index in [1.54, 1.807) is 80.4 Å². The number of nitrogens with two attached hydrogens (primary N) is 1. The highest BCUT2D eigenvalue weighted by Crippen LogP contribution is 2.25. The minimum atomic E-state index is -1.77. The van der Waals surface area contributed by atoms with Crippen molar-refractivity contribution in [2.45, 2.75) is 113 Å². The fraction of sp³-hybridized carbons (Fsp3) is 0.523. The van der Waals surface area contributed by atoms with Crippen LogP contribution in [0.2, 0.25) is 0 Å². The molecule has 2 aliphatic rings. The van der Waals surface area contributed by atoms with Gasteiger partial charge in [-0.25, -0.2) is 0 Å².